The van der Waals surface area contributed by atoms with E-state index in [9.17, 15) is 4.79 Å². The highest BCUT2D eigenvalue weighted by Crippen LogP contribution is 2.08. The molecule has 0 bridgehead atoms. The van der Waals surface area contributed by atoms with Crippen molar-refractivity contribution in [1.82, 2.24) is 10.6 Å². The van der Waals surface area contributed by atoms with Crippen molar-refractivity contribution in [1.29, 1.82) is 0 Å². The van der Waals surface area contributed by atoms with Crippen LogP contribution in [0.1, 0.15) is 79.1 Å². The van der Waals surface area contributed by atoms with Crippen molar-refractivity contribution >= 4 is 5.91 Å². The summed E-state index contributed by atoms with van der Waals surface area (Å²) >= 11 is 0. The van der Waals surface area contributed by atoms with Gasteiger partial charge in [-0.15, -0.1) is 0 Å². The molecule has 1 amide bonds. The maximum Gasteiger partial charge on any atom is 0.220 e. The molecule has 0 saturated heterocycles. The first-order valence-corrected chi connectivity index (χ1v) is 13.5. The Morgan fingerprint density at radius 2 is 1.15 bits per heavy atom. The molecule has 0 spiro atoms. The minimum absolute atomic E-state index is 0.110. The Labute approximate surface area is 209 Å². The Bertz CT molecular complexity index is 426. The molecule has 0 aliphatic heterocycles. The zero-order chi connectivity index (χ0) is 25.1. The number of hydrogen-bond donors (Lipinski definition) is 2. The molecule has 0 aliphatic rings. The summed E-state index contributed by atoms with van der Waals surface area (Å²) in [4.78, 5) is 11.8. The molecular weight excluding hydrogens is 436 g/mol. The molecule has 0 aromatic rings. The first-order valence-electron chi connectivity index (χ1n) is 13.5. The van der Waals surface area contributed by atoms with Gasteiger partial charge in [-0.2, -0.15) is 0 Å². The first-order chi connectivity index (χ1) is 16.6. The lowest BCUT2D eigenvalue weighted by Gasteiger charge is -2.10. The smallest absolute Gasteiger partial charge is 0.220 e. The minimum Gasteiger partial charge on any atom is -0.379 e. The van der Waals surface area contributed by atoms with Gasteiger partial charge in [0.15, 0.2) is 0 Å². The van der Waals surface area contributed by atoms with Gasteiger partial charge >= 0.3 is 0 Å². The van der Waals surface area contributed by atoms with Gasteiger partial charge in [-0.1, -0.05) is 46.5 Å². The number of rotatable bonds is 27. The molecule has 0 aromatic carbocycles. The van der Waals surface area contributed by atoms with Gasteiger partial charge in [0, 0.05) is 32.2 Å². The van der Waals surface area contributed by atoms with Gasteiger partial charge in [0.2, 0.25) is 5.91 Å². The van der Waals surface area contributed by atoms with Crippen LogP contribution in [0.4, 0.5) is 0 Å². The average molecular weight is 491 g/mol. The molecule has 0 rings (SSSR count). The van der Waals surface area contributed by atoms with Gasteiger partial charge < -0.3 is 34.3 Å². The summed E-state index contributed by atoms with van der Waals surface area (Å²) in [7, 11) is 0. The zero-order valence-electron chi connectivity index (χ0n) is 22.5. The van der Waals surface area contributed by atoms with Gasteiger partial charge in [-0.3, -0.25) is 4.79 Å². The van der Waals surface area contributed by atoms with Crippen molar-refractivity contribution < 1.29 is 28.5 Å². The van der Waals surface area contributed by atoms with Crippen molar-refractivity contribution in [3.63, 3.8) is 0 Å². The fourth-order valence-corrected chi connectivity index (χ4v) is 3.03. The second kappa shape index (κ2) is 26.8. The zero-order valence-corrected chi connectivity index (χ0v) is 22.5. The van der Waals surface area contributed by atoms with E-state index in [4.69, 9.17) is 23.7 Å². The largest absolute Gasteiger partial charge is 0.379 e. The van der Waals surface area contributed by atoms with Crippen LogP contribution in [0, 0.1) is 0 Å². The summed E-state index contributed by atoms with van der Waals surface area (Å²) in [5.41, 5.74) is 0. The van der Waals surface area contributed by atoms with Crippen LogP contribution in [0.15, 0.2) is 0 Å². The maximum atomic E-state index is 11.8. The Kier molecular flexibility index (Phi) is 26.2. The lowest BCUT2D eigenvalue weighted by Crippen LogP contribution is -2.27. The summed E-state index contributed by atoms with van der Waals surface area (Å²) < 4.78 is 27.5. The van der Waals surface area contributed by atoms with E-state index in [1.54, 1.807) is 0 Å². The van der Waals surface area contributed by atoms with Crippen molar-refractivity contribution in [2.75, 3.05) is 72.6 Å². The lowest BCUT2D eigenvalue weighted by molar-refractivity contribution is -0.121. The van der Waals surface area contributed by atoms with E-state index in [2.05, 4.69) is 38.3 Å². The molecule has 0 fully saturated rings. The highest BCUT2D eigenvalue weighted by molar-refractivity contribution is 5.75. The molecule has 2 N–H and O–H groups in total. The van der Waals surface area contributed by atoms with Crippen LogP contribution in [-0.4, -0.2) is 90.6 Å². The Balaban J connectivity index is 3.17. The van der Waals surface area contributed by atoms with E-state index in [0.29, 0.717) is 78.0 Å². The molecular formula is C26H54N2O6. The van der Waals surface area contributed by atoms with Gasteiger partial charge in [-0.25, -0.2) is 0 Å². The van der Waals surface area contributed by atoms with E-state index in [1.165, 1.54) is 19.3 Å². The molecule has 1 unspecified atom stereocenters. The van der Waals surface area contributed by atoms with E-state index in [-0.39, 0.29) is 5.91 Å². The number of unbranched alkanes of at least 4 members (excludes halogenated alkanes) is 5. The minimum atomic E-state index is 0.110. The van der Waals surface area contributed by atoms with Crippen molar-refractivity contribution in [3.8, 4) is 0 Å². The fraction of sp³-hybridized carbons (Fsp3) is 0.962. The Morgan fingerprint density at radius 1 is 0.647 bits per heavy atom. The third kappa shape index (κ3) is 27.5. The molecule has 1 atom stereocenters. The molecule has 0 saturated carbocycles. The third-order valence-electron chi connectivity index (χ3n) is 5.26. The number of nitrogens with one attached hydrogen (secondary N) is 2. The van der Waals surface area contributed by atoms with Crippen LogP contribution >= 0.6 is 0 Å². The summed E-state index contributed by atoms with van der Waals surface area (Å²) in [6.45, 7) is 15.3. The van der Waals surface area contributed by atoms with E-state index >= 15 is 0 Å². The quantitative estimate of drug-likeness (QED) is 0.170. The lowest BCUT2D eigenvalue weighted by atomic mass is 10.1. The van der Waals surface area contributed by atoms with E-state index in [0.717, 1.165) is 38.8 Å². The molecule has 34 heavy (non-hydrogen) atoms. The van der Waals surface area contributed by atoms with Gasteiger partial charge in [0.1, 0.15) is 0 Å². The SMILES string of the molecule is CCC(C)OCCCCCCCCC(=O)NCCOCCOCCOCCOCCNC(C)C. The number of hydrogen-bond acceptors (Lipinski definition) is 7. The summed E-state index contributed by atoms with van der Waals surface area (Å²) in [6.07, 6.45) is 8.87. The number of carbonyl (C=O) groups is 1. The highest BCUT2D eigenvalue weighted by Gasteiger charge is 2.01. The monoisotopic (exact) mass is 490 g/mol. The van der Waals surface area contributed by atoms with Gasteiger partial charge in [-0.05, 0) is 26.2 Å². The second-order valence-electron chi connectivity index (χ2n) is 8.87. The molecule has 8 heteroatoms. The number of ether oxygens (including phenoxy) is 5. The van der Waals surface area contributed by atoms with Crippen molar-refractivity contribution in [3.05, 3.63) is 0 Å². The normalized spacial score (nSPS) is 12.4. The van der Waals surface area contributed by atoms with Crippen LogP contribution in [-0.2, 0) is 28.5 Å². The van der Waals surface area contributed by atoms with E-state index < -0.39 is 0 Å². The fourth-order valence-electron chi connectivity index (χ4n) is 3.03. The highest BCUT2D eigenvalue weighted by atomic mass is 16.6. The topological polar surface area (TPSA) is 87.3 Å². The maximum absolute atomic E-state index is 11.8. The van der Waals surface area contributed by atoms with Gasteiger partial charge in [0.25, 0.3) is 0 Å². The summed E-state index contributed by atoms with van der Waals surface area (Å²) in [5.74, 6) is 0.110. The summed E-state index contributed by atoms with van der Waals surface area (Å²) in [6, 6.07) is 0.486. The number of amides is 1. The van der Waals surface area contributed by atoms with E-state index in [1.807, 2.05) is 0 Å². The average Bonchev–Trinajstić information content (AvgIpc) is 2.82. The molecule has 8 nitrogen and oxygen atoms in total. The van der Waals surface area contributed by atoms with Gasteiger partial charge in [0.05, 0.1) is 59.0 Å². The Hall–Kier alpha value is -0.770. The van der Waals surface area contributed by atoms with Crippen LogP contribution in [0.2, 0.25) is 0 Å². The molecule has 0 heterocycles. The van der Waals surface area contributed by atoms with Crippen LogP contribution < -0.4 is 10.6 Å². The summed E-state index contributed by atoms with van der Waals surface area (Å²) in [5, 5.41) is 6.20. The standard InChI is InChI=1S/C26H54N2O6/c1-5-25(4)34-15-11-9-7-6-8-10-12-26(29)28-14-17-31-19-21-33-23-22-32-20-18-30-16-13-27-24(2)3/h24-25,27H,5-23H2,1-4H3,(H,28,29). The molecule has 0 aromatic heterocycles. The van der Waals surface area contributed by atoms with Crippen LogP contribution in [0.5, 0.6) is 0 Å². The second-order valence-corrected chi connectivity index (χ2v) is 8.87. The van der Waals surface area contributed by atoms with Crippen LogP contribution in [0.3, 0.4) is 0 Å². The molecule has 204 valence electrons. The first kappa shape index (κ1) is 33.2. The predicted molar refractivity (Wildman–Crippen MR) is 137 cm³/mol. The van der Waals surface area contributed by atoms with Crippen molar-refractivity contribution in [2.24, 2.45) is 0 Å². The third-order valence-corrected chi connectivity index (χ3v) is 5.26. The molecule has 0 radical (unpaired) electrons. The van der Waals surface area contributed by atoms with Crippen molar-refractivity contribution in [2.45, 2.75) is 91.2 Å². The number of carbonyl (C=O) groups excluding carboxylic acids is 1. The van der Waals surface area contributed by atoms with Crippen LogP contribution in [0.25, 0.3) is 0 Å². The molecule has 0 aliphatic carbocycles. The Morgan fingerprint density at radius 3 is 1.71 bits per heavy atom. The predicted octanol–water partition coefficient (Wildman–Crippen LogP) is 3.71.